The molecule has 3 atom stereocenters. The van der Waals surface area contributed by atoms with Gasteiger partial charge in [0.2, 0.25) is 5.96 Å². The average molecular weight is 809 g/mol. The number of hydrogen-bond acceptors (Lipinski definition) is 3. The molecule has 0 aromatic heterocycles. The quantitative estimate of drug-likeness (QED) is 0.0731. The molecular weight excluding hydrogens is 697 g/mol. The fraction of sp³-hybridized carbons (Fsp3) is 0.922. The molecule has 3 unspecified atom stereocenters. The maximum atomic E-state index is 5.20. The van der Waals surface area contributed by atoms with E-state index in [0.29, 0.717) is 12.1 Å². The van der Waals surface area contributed by atoms with Crippen molar-refractivity contribution in [1.82, 2.24) is 20.4 Å². The van der Waals surface area contributed by atoms with Crippen molar-refractivity contribution in [3.8, 4) is 0 Å². The second-order valence-electron chi connectivity index (χ2n) is 20.2. The molecule has 6 nitrogen and oxygen atoms in total. The first kappa shape index (κ1) is 64.7. The van der Waals surface area contributed by atoms with E-state index in [1.165, 1.54) is 44.9 Å². The Morgan fingerprint density at radius 2 is 1.14 bits per heavy atom. The fourth-order valence-electron chi connectivity index (χ4n) is 7.68. The van der Waals surface area contributed by atoms with Crippen molar-refractivity contribution in [2.75, 3.05) is 20.1 Å². The van der Waals surface area contributed by atoms with Crippen LogP contribution in [0.15, 0.2) is 22.3 Å². The maximum absolute atomic E-state index is 5.20. The van der Waals surface area contributed by atoms with Crippen molar-refractivity contribution >= 4 is 11.8 Å². The van der Waals surface area contributed by atoms with Crippen LogP contribution in [0.2, 0.25) is 0 Å². The molecule has 0 saturated carbocycles. The number of allylic oxidation sites excluding steroid dienone is 1. The lowest BCUT2D eigenvalue weighted by Crippen LogP contribution is -2.51. The fourth-order valence-corrected chi connectivity index (χ4v) is 7.68. The van der Waals surface area contributed by atoms with Gasteiger partial charge in [0.05, 0.1) is 0 Å². The topological polar surface area (TPSA) is 55.3 Å². The molecule has 57 heavy (non-hydrogen) atoms. The summed E-state index contributed by atoms with van der Waals surface area (Å²) in [6, 6.07) is 0.702. The van der Waals surface area contributed by atoms with Gasteiger partial charge < -0.3 is 20.4 Å². The largest absolute Gasteiger partial charge is 0.357 e. The number of nitrogens with zero attached hydrogens (tertiary/aromatic N) is 4. The van der Waals surface area contributed by atoms with Crippen LogP contribution < -0.4 is 10.6 Å². The predicted molar refractivity (Wildman–Crippen MR) is 267 cm³/mol. The van der Waals surface area contributed by atoms with Crippen LogP contribution in [0.4, 0.5) is 0 Å². The number of aliphatic imine (C=N–C) groups is 2. The molecule has 0 aromatic carbocycles. The summed E-state index contributed by atoms with van der Waals surface area (Å²) < 4.78 is 0. The summed E-state index contributed by atoms with van der Waals surface area (Å²) in [7, 11) is 2.13. The van der Waals surface area contributed by atoms with Gasteiger partial charge in [0, 0.05) is 48.0 Å². The van der Waals surface area contributed by atoms with Gasteiger partial charge >= 0.3 is 0 Å². The monoisotopic (exact) mass is 809 g/mol. The Balaban J connectivity index is -0.000000356. The van der Waals surface area contributed by atoms with E-state index < -0.39 is 0 Å². The SMILES string of the molecule is C=C(N=C(/N=C(\C)N(CCCCCCC)C(C)CC(C)(C)NCC)N(C)C(C)CC(C)(C)C)C(C)C.CC.CC.CC.CC(C)CC(C)CC(C)(C)NC(C)(C)C. The van der Waals surface area contributed by atoms with Crippen molar-refractivity contribution in [3.63, 3.8) is 0 Å². The smallest absolute Gasteiger partial charge is 0.227 e. The normalized spacial score (nSPS) is 14.1. The number of rotatable bonds is 20. The van der Waals surface area contributed by atoms with E-state index in [2.05, 4.69) is 173 Å². The van der Waals surface area contributed by atoms with Gasteiger partial charge in [-0.25, -0.2) is 9.98 Å². The molecule has 0 aromatic rings. The zero-order chi connectivity index (χ0) is 46.4. The summed E-state index contributed by atoms with van der Waals surface area (Å²) >= 11 is 0. The van der Waals surface area contributed by atoms with Gasteiger partial charge in [-0.3, -0.25) is 0 Å². The summed E-state index contributed by atoms with van der Waals surface area (Å²) in [5.74, 6) is 3.73. The number of guanidine groups is 1. The van der Waals surface area contributed by atoms with Crippen LogP contribution in [0.5, 0.6) is 0 Å². The highest BCUT2D eigenvalue weighted by atomic mass is 15.3. The zero-order valence-electron chi connectivity index (χ0n) is 44.7. The van der Waals surface area contributed by atoms with Crippen molar-refractivity contribution < 1.29 is 0 Å². The van der Waals surface area contributed by atoms with Gasteiger partial charge in [-0.15, -0.1) is 0 Å². The average Bonchev–Trinajstić information content (AvgIpc) is 3.05. The van der Waals surface area contributed by atoms with Crippen molar-refractivity contribution in [2.45, 2.75) is 267 Å². The molecule has 2 N–H and O–H groups in total. The Bertz CT molecular complexity index is 992. The minimum absolute atomic E-state index is 0.0791. The van der Waals surface area contributed by atoms with Crippen molar-refractivity contribution in [3.05, 3.63) is 12.3 Å². The number of hydrogen-bond donors (Lipinski definition) is 2. The molecule has 0 spiro atoms. The summed E-state index contributed by atoms with van der Waals surface area (Å²) in [6.45, 7) is 63.6. The Kier molecular flexibility index (Phi) is 39.0. The van der Waals surface area contributed by atoms with Gasteiger partial charge in [-0.05, 0) is 131 Å². The molecule has 0 amide bonds. The Morgan fingerprint density at radius 3 is 1.54 bits per heavy atom. The summed E-state index contributed by atoms with van der Waals surface area (Å²) in [6.07, 6.45) is 11.1. The molecule has 0 aliphatic rings. The second kappa shape index (κ2) is 34.3. The highest BCUT2D eigenvalue weighted by Crippen LogP contribution is 2.25. The zero-order valence-corrected chi connectivity index (χ0v) is 44.7. The molecule has 6 heteroatoms. The van der Waals surface area contributed by atoms with Crippen LogP contribution in [-0.2, 0) is 0 Å². The Labute approximate surface area is 363 Å². The highest BCUT2D eigenvalue weighted by Gasteiger charge is 2.27. The Hall–Kier alpha value is -1.40. The van der Waals surface area contributed by atoms with E-state index >= 15 is 0 Å². The molecule has 0 fully saturated rings. The van der Waals surface area contributed by atoms with E-state index in [-0.39, 0.29) is 27.9 Å². The van der Waals surface area contributed by atoms with E-state index in [9.17, 15) is 0 Å². The van der Waals surface area contributed by atoms with E-state index in [4.69, 9.17) is 9.98 Å². The molecule has 0 aliphatic carbocycles. The third kappa shape index (κ3) is 38.5. The van der Waals surface area contributed by atoms with Gasteiger partial charge in [0.25, 0.3) is 0 Å². The van der Waals surface area contributed by atoms with Crippen molar-refractivity contribution in [1.29, 1.82) is 0 Å². The van der Waals surface area contributed by atoms with Crippen LogP contribution >= 0.6 is 0 Å². The third-order valence-electron chi connectivity index (χ3n) is 9.41. The van der Waals surface area contributed by atoms with Gasteiger partial charge in [-0.2, -0.15) is 0 Å². The summed E-state index contributed by atoms with van der Waals surface area (Å²) in [5, 5.41) is 7.35. The maximum Gasteiger partial charge on any atom is 0.227 e. The molecule has 0 bridgehead atoms. The van der Waals surface area contributed by atoms with Crippen LogP contribution in [0.25, 0.3) is 0 Å². The minimum Gasteiger partial charge on any atom is -0.357 e. The standard InChI is InChI=1S/C31H63N5.C14H31N.3C2H6/c1-15-17-18-19-20-21-36(26(6)23-31(12,13)32-16-2)28(8)34-29(33-27(7)24(3)4)35(14)25(5)22-30(9,10)11;1-11(2)9-12(3)10-14(7,8)15-13(4,5)6;3*1-2/h24-26,32H,7,15-23H2,1-6,8-14H3;11-12,15H,9-10H2,1-8H3;3*1-2H3/b33-29?,34-28+;;;;. The van der Waals surface area contributed by atoms with E-state index in [1.807, 2.05) is 41.5 Å². The first-order valence-corrected chi connectivity index (χ1v) is 23.9. The number of nitrogens with one attached hydrogen (secondary N) is 2. The summed E-state index contributed by atoms with van der Waals surface area (Å²) in [4.78, 5) is 14.9. The van der Waals surface area contributed by atoms with Crippen LogP contribution in [-0.4, -0.2) is 70.4 Å². The predicted octanol–water partition coefficient (Wildman–Crippen LogP) is 15.4. The lowest BCUT2D eigenvalue weighted by molar-refractivity contribution is 0.227. The lowest BCUT2D eigenvalue weighted by Gasteiger charge is -2.37. The molecule has 0 heterocycles. The van der Waals surface area contributed by atoms with E-state index in [1.54, 1.807) is 0 Å². The van der Waals surface area contributed by atoms with E-state index in [0.717, 1.165) is 55.3 Å². The van der Waals surface area contributed by atoms with Gasteiger partial charge in [0.1, 0.15) is 5.84 Å². The molecule has 0 aliphatic heterocycles. The highest BCUT2D eigenvalue weighted by molar-refractivity contribution is 5.95. The minimum atomic E-state index is 0.0791. The first-order chi connectivity index (χ1) is 26.1. The van der Waals surface area contributed by atoms with Crippen LogP contribution in [0.1, 0.15) is 238 Å². The molecular formula is C51H112N6. The molecule has 0 saturated heterocycles. The molecule has 0 radical (unpaired) electrons. The van der Waals surface area contributed by atoms with Crippen molar-refractivity contribution in [2.24, 2.45) is 33.2 Å². The first-order valence-electron chi connectivity index (χ1n) is 23.9. The third-order valence-corrected chi connectivity index (χ3v) is 9.41. The van der Waals surface area contributed by atoms with Gasteiger partial charge in [0.15, 0.2) is 0 Å². The van der Waals surface area contributed by atoms with Crippen LogP contribution in [0, 0.1) is 23.2 Å². The van der Waals surface area contributed by atoms with Crippen LogP contribution in [0.3, 0.4) is 0 Å². The summed E-state index contributed by atoms with van der Waals surface area (Å²) in [5.41, 5.74) is 1.65. The molecule has 0 rings (SSSR count). The number of amidine groups is 1. The molecule has 346 valence electrons. The second-order valence-corrected chi connectivity index (χ2v) is 20.2. The number of unbranched alkanes of at least 4 members (excludes halogenated alkanes) is 4. The Morgan fingerprint density at radius 1 is 0.649 bits per heavy atom. The van der Waals surface area contributed by atoms with Gasteiger partial charge in [-0.1, -0.05) is 143 Å². The lowest BCUT2D eigenvalue weighted by atomic mass is 9.85.